The fourth-order valence-electron chi connectivity index (χ4n) is 2.13. The number of hydrogen-bond donors (Lipinski definition) is 1. The number of hydrogen-bond acceptors (Lipinski definition) is 1. The number of nitrogens with one attached hydrogen (secondary N) is 1. The maximum absolute atomic E-state index is 14.2. The third-order valence-electron chi connectivity index (χ3n) is 3.03. The first-order chi connectivity index (χ1) is 9.04. The van der Waals surface area contributed by atoms with E-state index in [4.69, 9.17) is 0 Å². The summed E-state index contributed by atoms with van der Waals surface area (Å²) in [4.78, 5) is 0. The molecule has 1 N–H and O–H groups in total. The van der Waals surface area contributed by atoms with E-state index in [0.717, 1.165) is 11.1 Å². The van der Waals surface area contributed by atoms with Crippen LogP contribution in [0.2, 0.25) is 0 Å². The molecule has 100 valence electrons. The number of benzene rings is 2. The van der Waals surface area contributed by atoms with Gasteiger partial charge in [0.25, 0.3) is 0 Å². The summed E-state index contributed by atoms with van der Waals surface area (Å²) >= 11 is 3.10. The SMILES string of the molecule is CNC(c1cccc(C)c1)c1c(F)ccc(Br)c1F. The molecule has 4 heteroatoms. The summed E-state index contributed by atoms with van der Waals surface area (Å²) in [6.07, 6.45) is 0. The molecule has 1 nitrogen and oxygen atoms in total. The van der Waals surface area contributed by atoms with Gasteiger partial charge < -0.3 is 5.32 Å². The fraction of sp³-hybridized carbons (Fsp3) is 0.200. The lowest BCUT2D eigenvalue weighted by Gasteiger charge is -2.19. The van der Waals surface area contributed by atoms with Gasteiger partial charge in [0.1, 0.15) is 11.6 Å². The molecule has 0 fully saturated rings. The van der Waals surface area contributed by atoms with E-state index < -0.39 is 17.7 Å². The highest BCUT2D eigenvalue weighted by Gasteiger charge is 2.22. The quantitative estimate of drug-likeness (QED) is 0.827. The molecular formula is C15H14BrF2N. The first kappa shape index (κ1) is 14.2. The summed E-state index contributed by atoms with van der Waals surface area (Å²) in [7, 11) is 1.69. The first-order valence-electron chi connectivity index (χ1n) is 5.92. The van der Waals surface area contributed by atoms with Gasteiger partial charge in [0, 0.05) is 5.56 Å². The first-order valence-corrected chi connectivity index (χ1v) is 6.71. The highest BCUT2D eigenvalue weighted by Crippen LogP contribution is 2.30. The summed E-state index contributed by atoms with van der Waals surface area (Å²) in [6, 6.07) is 9.72. The Bertz CT molecular complexity index is 599. The maximum Gasteiger partial charge on any atom is 0.145 e. The molecule has 0 aromatic heterocycles. The smallest absolute Gasteiger partial charge is 0.145 e. The normalized spacial score (nSPS) is 12.5. The van der Waals surface area contributed by atoms with Gasteiger partial charge in [0.15, 0.2) is 0 Å². The Hall–Kier alpha value is -1.26. The standard InChI is InChI=1S/C15H14BrF2N/c1-9-4-3-5-10(8-9)15(19-2)13-12(17)7-6-11(16)14(13)18/h3-8,15,19H,1-2H3. The number of rotatable bonds is 3. The van der Waals surface area contributed by atoms with Crippen molar-refractivity contribution in [1.82, 2.24) is 5.32 Å². The Morgan fingerprint density at radius 2 is 1.89 bits per heavy atom. The molecule has 2 aromatic rings. The Morgan fingerprint density at radius 1 is 1.16 bits per heavy atom. The van der Waals surface area contributed by atoms with Crippen LogP contribution in [0.25, 0.3) is 0 Å². The topological polar surface area (TPSA) is 12.0 Å². The van der Waals surface area contributed by atoms with Crippen LogP contribution in [-0.2, 0) is 0 Å². The van der Waals surface area contributed by atoms with Crippen LogP contribution in [0.5, 0.6) is 0 Å². The van der Waals surface area contributed by atoms with Crippen molar-refractivity contribution in [2.45, 2.75) is 13.0 Å². The van der Waals surface area contributed by atoms with E-state index >= 15 is 0 Å². The molecule has 0 aliphatic rings. The largest absolute Gasteiger partial charge is 0.309 e. The van der Waals surface area contributed by atoms with Crippen LogP contribution in [0.3, 0.4) is 0 Å². The van der Waals surface area contributed by atoms with Crippen molar-refractivity contribution in [1.29, 1.82) is 0 Å². The Labute approximate surface area is 119 Å². The predicted octanol–water partition coefficient (Wildman–Crippen LogP) is 4.34. The second kappa shape index (κ2) is 5.80. The zero-order chi connectivity index (χ0) is 14.0. The van der Waals surface area contributed by atoms with Crippen molar-refractivity contribution in [2.75, 3.05) is 7.05 Å². The van der Waals surface area contributed by atoms with Gasteiger partial charge in [-0.1, -0.05) is 29.8 Å². The second-order valence-corrected chi connectivity index (χ2v) is 5.25. The minimum Gasteiger partial charge on any atom is -0.309 e. The van der Waals surface area contributed by atoms with Gasteiger partial charge in [-0.3, -0.25) is 0 Å². The van der Waals surface area contributed by atoms with Crippen molar-refractivity contribution in [2.24, 2.45) is 0 Å². The van der Waals surface area contributed by atoms with Crippen LogP contribution in [-0.4, -0.2) is 7.05 Å². The summed E-state index contributed by atoms with van der Waals surface area (Å²) in [6.45, 7) is 1.95. The summed E-state index contributed by atoms with van der Waals surface area (Å²) in [5.41, 5.74) is 1.91. The molecule has 1 atom stereocenters. The average Bonchev–Trinajstić information content (AvgIpc) is 2.39. The molecule has 1 unspecified atom stereocenters. The van der Waals surface area contributed by atoms with Gasteiger partial charge in [-0.25, -0.2) is 8.78 Å². The molecular weight excluding hydrogens is 312 g/mol. The van der Waals surface area contributed by atoms with Crippen LogP contribution < -0.4 is 5.32 Å². The third-order valence-corrected chi connectivity index (χ3v) is 3.64. The molecule has 0 saturated carbocycles. The molecule has 0 bridgehead atoms. The van der Waals surface area contributed by atoms with Crippen LogP contribution in [0, 0.1) is 18.6 Å². The minimum absolute atomic E-state index is 0.0301. The van der Waals surface area contributed by atoms with E-state index in [1.165, 1.54) is 12.1 Å². The molecule has 0 aliphatic heterocycles. The predicted molar refractivity (Wildman–Crippen MR) is 76.1 cm³/mol. The van der Waals surface area contributed by atoms with E-state index in [0.29, 0.717) is 0 Å². The molecule has 0 aliphatic carbocycles. The Balaban J connectivity index is 2.57. The van der Waals surface area contributed by atoms with E-state index in [-0.39, 0.29) is 10.0 Å². The maximum atomic E-state index is 14.2. The van der Waals surface area contributed by atoms with Crippen molar-refractivity contribution in [3.05, 3.63) is 69.2 Å². The minimum atomic E-state index is -0.569. The van der Waals surface area contributed by atoms with Crippen LogP contribution in [0.15, 0.2) is 40.9 Å². The van der Waals surface area contributed by atoms with Gasteiger partial charge >= 0.3 is 0 Å². The van der Waals surface area contributed by atoms with Crippen LogP contribution >= 0.6 is 15.9 Å². The second-order valence-electron chi connectivity index (χ2n) is 4.39. The number of aryl methyl sites for hydroxylation is 1. The van der Waals surface area contributed by atoms with E-state index in [2.05, 4.69) is 21.2 Å². The highest BCUT2D eigenvalue weighted by molar-refractivity contribution is 9.10. The molecule has 0 saturated heterocycles. The zero-order valence-electron chi connectivity index (χ0n) is 10.7. The molecule has 0 radical (unpaired) electrons. The van der Waals surface area contributed by atoms with Gasteiger partial charge in [-0.05, 0) is 47.6 Å². The molecule has 0 heterocycles. The third kappa shape index (κ3) is 2.85. The van der Waals surface area contributed by atoms with Crippen molar-refractivity contribution >= 4 is 15.9 Å². The van der Waals surface area contributed by atoms with Gasteiger partial charge in [-0.2, -0.15) is 0 Å². The highest BCUT2D eigenvalue weighted by atomic mass is 79.9. The fourth-order valence-corrected chi connectivity index (χ4v) is 2.48. The lowest BCUT2D eigenvalue weighted by atomic mass is 9.96. The van der Waals surface area contributed by atoms with Crippen molar-refractivity contribution in [3.8, 4) is 0 Å². The summed E-state index contributed by atoms with van der Waals surface area (Å²) < 4.78 is 28.4. The average molecular weight is 326 g/mol. The molecule has 2 rings (SSSR count). The number of halogens is 3. The van der Waals surface area contributed by atoms with Crippen molar-refractivity contribution < 1.29 is 8.78 Å². The van der Waals surface area contributed by atoms with Gasteiger partial charge in [-0.15, -0.1) is 0 Å². The van der Waals surface area contributed by atoms with E-state index in [1.54, 1.807) is 7.05 Å². The summed E-state index contributed by atoms with van der Waals surface area (Å²) in [5.74, 6) is -1.12. The lowest BCUT2D eigenvalue weighted by molar-refractivity contribution is 0.518. The molecule has 2 aromatic carbocycles. The Morgan fingerprint density at radius 3 is 2.53 bits per heavy atom. The van der Waals surface area contributed by atoms with Crippen LogP contribution in [0.1, 0.15) is 22.7 Å². The molecule has 0 amide bonds. The lowest BCUT2D eigenvalue weighted by Crippen LogP contribution is -2.20. The zero-order valence-corrected chi connectivity index (χ0v) is 12.3. The van der Waals surface area contributed by atoms with Gasteiger partial charge in [0.05, 0.1) is 10.5 Å². The van der Waals surface area contributed by atoms with Crippen molar-refractivity contribution in [3.63, 3.8) is 0 Å². The van der Waals surface area contributed by atoms with Gasteiger partial charge in [0.2, 0.25) is 0 Å². The molecule has 0 spiro atoms. The van der Waals surface area contributed by atoms with E-state index in [9.17, 15) is 8.78 Å². The van der Waals surface area contributed by atoms with E-state index in [1.807, 2.05) is 31.2 Å². The molecule has 19 heavy (non-hydrogen) atoms. The Kier molecular flexibility index (Phi) is 4.32. The monoisotopic (exact) mass is 325 g/mol. The van der Waals surface area contributed by atoms with Crippen LogP contribution in [0.4, 0.5) is 8.78 Å². The summed E-state index contributed by atoms with van der Waals surface area (Å²) in [5, 5.41) is 2.97.